The summed E-state index contributed by atoms with van der Waals surface area (Å²) < 4.78 is 39.0. The lowest BCUT2D eigenvalue weighted by Gasteiger charge is -2.33. The molecule has 0 aliphatic heterocycles. The first-order valence-electron chi connectivity index (χ1n) is 16.9. The van der Waals surface area contributed by atoms with Crippen LogP contribution in [0.1, 0.15) is 72.4 Å². The number of carbonyl (C=O) groups excluding carboxylic acids is 4. The Morgan fingerprint density at radius 2 is 1.63 bits per heavy atom. The number of hydrogen-bond acceptors (Lipinski definition) is 9. The Bertz CT molecular complexity index is 2000. The molecule has 1 heterocycles. The Morgan fingerprint density at radius 1 is 0.981 bits per heavy atom. The molecule has 2 aliphatic rings. The summed E-state index contributed by atoms with van der Waals surface area (Å²) in [5.74, 6) is -2.10. The zero-order valence-corrected chi connectivity index (χ0v) is 31.5. The monoisotopic (exact) mass is 753 g/mol. The molecule has 52 heavy (non-hydrogen) atoms. The number of halogens is 1. The van der Waals surface area contributed by atoms with Gasteiger partial charge in [0.05, 0.1) is 10.8 Å². The van der Waals surface area contributed by atoms with Crippen molar-refractivity contribution >= 4 is 56.3 Å². The number of hydrogen-bond donors (Lipinski definition) is 4. The zero-order valence-electron chi connectivity index (χ0n) is 29.9. The Hall–Kier alpha value is -4.69. The number of nitrogens with zero attached hydrogens (tertiary/aromatic N) is 1. The number of aromatic nitrogens is 1. The second-order valence-electron chi connectivity index (χ2n) is 15.2. The molecule has 4 amide bonds. The first kappa shape index (κ1) is 38.5. The maximum Gasteiger partial charge on any atom is 0.408 e. The van der Waals surface area contributed by atoms with E-state index in [1.807, 2.05) is 18.2 Å². The highest BCUT2D eigenvalue weighted by molar-refractivity contribution is 7.91. The number of rotatable bonds is 12. The molecule has 13 nitrogen and oxygen atoms in total. The molecule has 4 atom stereocenters. The van der Waals surface area contributed by atoms with Crippen molar-refractivity contribution in [3.8, 4) is 11.5 Å². The van der Waals surface area contributed by atoms with E-state index in [1.54, 1.807) is 77.9 Å². The molecule has 4 N–H and O–H groups in total. The molecule has 2 saturated carbocycles. The van der Waals surface area contributed by atoms with Crippen molar-refractivity contribution in [3.63, 3.8) is 0 Å². The third kappa shape index (κ3) is 9.02. The van der Waals surface area contributed by atoms with Crippen molar-refractivity contribution < 1.29 is 37.1 Å². The number of sulfonamides is 1. The molecule has 0 bridgehead atoms. The van der Waals surface area contributed by atoms with E-state index in [0.717, 1.165) is 5.39 Å². The maximum atomic E-state index is 14.2. The standard InChI is InChI=1S/C37H44ClN5O8S/c1-8-22-20-37(22,33(46)43-52(48,49)24-17-18-24)42-31(44)29(40-32(45)30(35(2,3)4)41-34(47)51-36(5,6)7)21-13-15-23(16-14-21)50-27-19-28(38)39-26-12-10-9-11-25(26)27/h8-16,19,22,24,29-30H,1,17-18,20H2,2-7H3,(H,40,45)(H,41,47)(H,42,44)(H,43,46)/t22-,29+,30-,37?/m1/s1. The Balaban J connectivity index is 1.45. The van der Waals surface area contributed by atoms with Crippen LogP contribution in [-0.4, -0.2) is 59.6 Å². The molecule has 3 aromatic rings. The highest BCUT2D eigenvalue weighted by Crippen LogP contribution is 2.45. The van der Waals surface area contributed by atoms with Crippen LogP contribution in [-0.2, 0) is 29.1 Å². The summed E-state index contributed by atoms with van der Waals surface area (Å²) in [7, 11) is -3.92. The van der Waals surface area contributed by atoms with Gasteiger partial charge in [0.2, 0.25) is 21.8 Å². The summed E-state index contributed by atoms with van der Waals surface area (Å²) in [5.41, 5.74) is -2.34. The number of alkyl carbamates (subject to hydrolysis) is 1. The van der Waals surface area contributed by atoms with E-state index >= 15 is 0 Å². The Morgan fingerprint density at radius 3 is 2.21 bits per heavy atom. The van der Waals surface area contributed by atoms with Crippen LogP contribution in [0, 0.1) is 11.3 Å². The van der Waals surface area contributed by atoms with Crippen molar-refractivity contribution in [1.29, 1.82) is 0 Å². The number of carbonyl (C=O) groups is 4. The Kier molecular flexibility index (Phi) is 10.7. The van der Waals surface area contributed by atoms with E-state index < -0.39 is 73.6 Å². The molecule has 0 radical (unpaired) electrons. The SMILES string of the molecule is C=C[C@@H]1CC1(NC(=O)[C@@H](NC(=O)[C@@H](NC(=O)OC(C)(C)C)C(C)(C)C)c1ccc(Oc2cc(Cl)nc3ccccc23)cc1)C(=O)NS(=O)(=O)C1CC1. The molecular weight excluding hydrogens is 710 g/mol. The van der Waals surface area contributed by atoms with Gasteiger partial charge < -0.3 is 25.4 Å². The fourth-order valence-electron chi connectivity index (χ4n) is 5.69. The second kappa shape index (κ2) is 14.4. The van der Waals surface area contributed by atoms with Crippen LogP contribution < -0.4 is 25.4 Å². The average molecular weight is 754 g/mol. The van der Waals surface area contributed by atoms with Crippen molar-refractivity contribution in [3.05, 3.63) is 78.0 Å². The van der Waals surface area contributed by atoms with Crippen LogP contribution >= 0.6 is 11.6 Å². The van der Waals surface area contributed by atoms with Gasteiger partial charge in [-0.05, 0) is 75.3 Å². The molecule has 0 saturated heterocycles. The summed E-state index contributed by atoms with van der Waals surface area (Å²) >= 11 is 6.24. The first-order chi connectivity index (χ1) is 24.2. The minimum absolute atomic E-state index is 0.106. The molecule has 1 unspecified atom stereocenters. The normalized spacial score (nSPS) is 19.8. The van der Waals surface area contributed by atoms with Crippen molar-refractivity contribution in [2.75, 3.05) is 0 Å². The number of pyridine rings is 1. The van der Waals surface area contributed by atoms with Crippen molar-refractivity contribution in [1.82, 2.24) is 25.7 Å². The molecular formula is C37H44ClN5O8S. The largest absolute Gasteiger partial charge is 0.457 e. The number of para-hydroxylation sites is 1. The summed E-state index contributed by atoms with van der Waals surface area (Å²) in [6.07, 6.45) is 1.63. The third-order valence-electron chi connectivity index (χ3n) is 8.68. The number of fused-ring (bicyclic) bond motifs is 1. The van der Waals surface area contributed by atoms with Crippen LogP contribution in [0.3, 0.4) is 0 Å². The van der Waals surface area contributed by atoms with Gasteiger partial charge in [-0.25, -0.2) is 18.2 Å². The van der Waals surface area contributed by atoms with Gasteiger partial charge in [-0.15, -0.1) is 6.58 Å². The van der Waals surface area contributed by atoms with Gasteiger partial charge in [-0.1, -0.05) is 62.7 Å². The minimum Gasteiger partial charge on any atom is -0.457 e. The molecule has 0 spiro atoms. The summed E-state index contributed by atoms with van der Waals surface area (Å²) in [6.45, 7) is 14.0. The third-order valence-corrected chi connectivity index (χ3v) is 10.7. The topological polar surface area (TPSA) is 182 Å². The molecule has 2 aliphatic carbocycles. The fourth-order valence-corrected chi connectivity index (χ4v) is 7.24. The molecule has 5 rings (SSSR count). The lowest BCUT2D eigenvalue weighted by Crippen LogP contribution is -2.58. The van der Waals surface area contributed by atoms with E-state index in [0.29, 0.717) is 35.4 Å². The number of nitrogens with one attached hydrogen (secondary N) is 4. The first-order valence-corrected chi connectivity index (χ1v) is 18.8. The molecule has 2 aromatic carbocycles. The fraction of sp³-hybridized carbons (Fsp3) is 0.432. The summed E-state index contributed by atoms with van der Waals surface area (Å²) in [4.78, 5) is 58.7. The average Bonchev–Trinajstić information content (AvgIpc) is 3.97. The molecule has 2 fully saturated rings. The smallest absolute Gasteiger partial charge is 0.408 e. The van der Waals surface area contributed by atoms with Gasteiger partial charge >= 0.3 is 6.09 Å². The van der Waals surface area contributed by atoms with Gasteiger partial charge in [0.1, 0.15) is 39.9 Å². The molecule has 15 heteroatoms. The van der Waals surface area contributed by atoms with E-state index in [-0.39, 0.29) is 11.6 Å². The summed E-state index contributed by atoms with van der Waals surface area (Å²) in [5, 5.41) is 8.37. The van der Waals surface area contributed by atoms with Crippen LogP contribution in [0.5, 0.6) is 11.5 Å². The Labute approximate surface area is 308 Å². The van der Waals surface area contributed by atoms with Gasteiger partial charge in [-0.3, -0.25) is 19.1 Å². The number of ether oxygens (including phenoxy) is 2. The minimum atomic E-state index is -3.92. The van der Waals surface area contributed by atoms with Gasteiger partial charge in [0, 0.05) is 17.4 Å². The van der Waals surface area contributed by atoms with E-state index in [2.05, 4.69) is 32.2 Å². The lowest BCUT2D eigenvalue weighted by atomic mass is 9.86. The van der Waals surface area contributed by atoms with Crippen LogP contribution in [0.2, 0.25) is 5.15 Å². The maximum absolute atomic E-state index is 14.2. The van der Waals surface area contributed by atoms with Crippen molar-refractivity contribution in [2.24, 2.45) is 11.3 Å². The van der Waals surface area contributed by atoms with E-state index in [1.165, 1.54) is 6.08 Å². The quantitative estimate of drug-likeness (QED) is 0.138. The van der Waals surface area contributed by atoms with Crippen molar-refractivity contribution in [2.45, 2.75) is 89.3 Å². The van der Waals surface area contributed by atoms with E-state index in [4.69, 9.17) is 21.1 Å². The second-order valence-corrected chi connectivity index (χ2v) is 17.5. The van der Waals surface area contributed by atoms with Crippen LogP contribution in [0.15, 0.2) is 67.3 Å². The number of amides is 4. The zero-order chi connectivity index (χ0) is 38.2. The predicted octanol–water partition coefficient (Wildman–Crippen LogP) is 5.45. The van der Waals surface area contributed by atoms with Gasteiger partial charge in [0.25, 0.3) is 5.91 Å². The van der Waals surface area contributed by atoms with Gasteiger partial charge in [0.15, 0.2) is 0 Å². The number of benzene rings is 2. The van der Waals surface area contributed by atoms with Gasteiger partial charge in [-0.2, -0.15) is 0 Å². The predicted molar refractivity (Wildman–Crippen MR) is 196 cm³/mol. The van der Waals surface area contributed by atoms with Crippen LogP contribution in [0.25, 0.3) is 10.9 Å². The van der Waals surface area contributed by atoms with Crippen LogP contribution in [0.4, 0.5) is 4.79 Å². The highest BCUT2D eigenvalue weighted by Gasteiger charge is 2.61. The lowest BCUT2D eigenvalue weighted by molar-refractivity contribution is -0.134. The molecule has 1 aromatic heterocycles. The summed E-state index contributed by atoms with van der Waals surface area (Å²) in [6, 6.07) is 12.7. The molecule has 278 valence electrons. The van der Waals surface area contributed by atoms with E-state index in [9.17, 15) is 27.6 Å². The highest BCUT2D eigenvalue weighted by atomic mass is 35.5.